The van der Waals surface area contributed by atoms with Crippen molar-refractivity contribution in [3.63, 3.8) is 0 Å². The molecule has 17 aromatic rings. The van der Waals surface area contributed by atoms with E-state index in [1.54, 1.807) is 68.0 Å². The van der Waals surface area contributed by atoms with Gasteiger partial charge in [-0.05, 0) is 213 Å². The summed E-state index contributed by atoms with van der Waals surface area (Å²) in [5.74, 6) is -1.83. The van der Waals surface area contributed by atoms with Gasteiger partial charge in [-0.2, -0.15) is 0 Å². The van der Waals surface area contributed by atoms with Crippen LogP contribution in [0.5, 0.6) is 0 Å². The summed E-state index contributed by atoms with van der Waals surface area (Å²) in [5, 5.41) is 11.4. The molecule has 6 aromatic heterocycles. The van der Waals surface area contributed by atoms with Crippen LogP contribution < -0.4 is 20.4 Å². The molecule has 8 nitrogen and oxygen atoms in total. The predicted molar refractivity (Wildman–Crippen MR) is 411 cm³/mol. The lowest BCUT2D eigenvalue weighted by Gasteiger charge is -2.26. The second-order valence-electron chi connectivity index (χ2n) is 24.2. The van der Waals surface area contributed by atoms with E-state index in [9.17, 15) is 19.2 Å². The predicted octanol–water partition coefficient (Wildman–Crippen LogP) is 24.1. The normalized spacial score (nSPS) is 12.7. The second-order valence-corrected chi connectivity index (χ2v) is 30.7. The molecule has 11 aromatic carbocycles. The maximum atomic E-state index is 14.3. The highest BCUT2D eigenvalue weighted by Crippen LogP contribution is 2.55. The van der Waals surface area contributed by atoms with Crippen molar-refractivity contribution in [1.82, 2.24) is 10.6 Å². The average molecular weight is 1370 g/mol. The Hall–Kier alpha value is -11.2. The van der Waals surface area contributed by atoms with Gasteiger partial charge in [0.2, 0.25) is 0 Å². The Balaban J connectivity index is 0.668. The van der Waals surface area contributed by atoms with Crippen molar-refractivity contribution in [3.05, 3.63) is 301 Å². The molecule has 0 spiro atoms. The lowest BCUT2D eigenvalue weighted by atomic mass is 9.79. The van der Waals surface area contributed by atoms with E-state index in [2.05, 4.69) is 239 Å². The van der Waals surface area contributed by atoms with Gasteiger partial charge in [-0.1, -0.05) is 109 Å². The summed E-state index contributed by atoms with van der Waals surface area (Å²) in [6.07, 6.45) is 0. The molecule has 0 bridgehead atoms. The van der Waals surface area contributed by atoms with Crippen LogP contribution in [0.1, 0.15) is 41.4 Å². The molecule has 8 heterocycles. The molecule has 0 saturated carbocycles. The van der Waals surface area contributed by atoms with Crippen LogP contribution in [-0.4, -0.2) is 23.6 Å². The lowest BCUT2D eigenvalue weighted by molar-refractivity contribution is 0.0828. The zero-order valence-corrected chi connectivity index (χ0v) is 56.4. The van der Waals surface area contributed by atoms with Gasteiger partial charge in [0, 0.05) is 137 Å². The lowest BCUT2D eigenvalue weighted by Crippen LogP contribution is -2.35. The fraction of sp³-hybridized carbons (Fsp3) is 0. The van der Waals surface area contributed by atoms with Crippen LogP contribution in [0.2, 0.25) is 0 Å². The second kappa shape index (κ2) is 23.3. The Morgan fingerprint density at radius 1 is 0.204 bits per heavy atom. The van der Waals surface area contributed by atoms with Gasteiger partial charge < -0.3 is 9.80 Å². The number of rotatable bonds is 14. The van der Waals surface area contributed by atoms with E-state index in [0.29, 0.717) is 33.0 Å². The molecule has 98 heavy (non-hydrogen) atoms. The number of hydrogen-bond acceptors (Lipinski definition) is 12. The fourth-order valence-corrected chi connectivity index (χ4v) is 20.6. The van der Waals surface area contributed by atoms with E-state index >= 15 is 0 Å². The van der Waals surface area contributed by atoms with Crippen LogP contribution in [0.4, 0.5) is 34.1 Å². The molecule has 0 saturated heterocycles. The molecule has 0 fully saturated rings. The van der Waals surface area contributed by atoms with E-state index in [1.165, 1.54) is 19.5 Å². The number of carbonyl (C=O) groups is 4. The van der Waals surface area contributed by atoms with Crippen molar-refractivity contribution in [1.29, 1.82) is 0 Å². The molecule has 0 atom stereocenters. The quantitative estimate of drug-likeness (QED) is 0.0639. The third kappa shape index (κ3) is 9.62. The molecule has 2 aliphatic heterocycles. The number of fused-ring (bicyclic) bond motifs is 2. The number of nitrogens with zero attached hydrogens (tertiary/aromatic N) is 2. The highest BCUT2D eigenvalue weighted by Gasteiger charge is 2.35. The first-order valence-corrected chi connectivity index (χ1v) is 36.7. The third-order valence-electron chi connectivity index (χ3n) is 18.6. The molecule has 0 unspecified atom stereocenters. The molecule has 464 valence electrons. The molecule has 2 N–H and O–H groups in total. The van der Waals surface area contributed by atoms with Gasteiger partial charge >= 0.3 is 0 Å². The topological polar surface area (TPSA) is 98.8 Å². The zero-order chi connectivity index (χ0) is 65.3. The Labute approximate surface area is 585 Å². The Morgan fingerprint density at radius 3 is 0.776 bits per heavy atom. The number of carbonyl (C=O) groups excluding carboxylic acids is 4. The van der Waals surface area contributed by atoms with E-state index < -0.39 is 23.6 Å². The van der Waals surface area contributed by atoms with Crippen LogP contribution in [0, 0.1) is 0 Å². The molecule has 0 radical (unpaired) electrons. The van der Waals surface area contributed by atoms with E-state index in [1.807, 2.05) is 60.7 Å². The molecule has 14 heteroatoms. The number of para-hydroxylation sites is 4. The summed E-state index contributed by atoms with van der Waals surface area (Å²) >= 11 is 10.3. The minimum Gasteiger partial charge on any atom is -0.311 e. The molecule has 2 aliphatic rings. The smallest absolute Gasteiger partial charge is 0.258 e. The van der Waals surface area contributed by atoms with E-state index in [-0.39, 0.29) is 0 Å². The first-order chi connectivity index (χ1) is 48.2. The Kier molecular flexibility index (Phi) is 13.8. The van der Waals surface area contributed by atoms with Crippen LogP contribution >= 0.6 is 68.0 Å². The first kappa shape index (κ1) is 58.2. The molecule has 0 aliphatic carbocycles. The summed E-state index contributed by atoms with van der Waals surface area (Å²) in [5.41, 5.74) is 12.1. The minimum atomic E-state index is -0.459. The van der Waals surface area contributed by atoms with Gasteiger partial charge in [0.15, 0.2) is 0 Å². The van der Waals surface area contributed by atoms with Crippen molar-refractivity contribution in [3.8, 4) is 80.8 Å². The average Bonchev–Trinajstić information content (AvgIpc) is 1.13. The molecule has 4 amide bonds. The van der Waals surface area contributed by atoms with Gasteiger partial charge in [0.25, 0.3) is 23.6 Å². The molecule has 19 rings (SSSR count). The van der Waals surface area contributed by atoms with Crippen molar-refractivity contribution < 1.29 is 19.2 Å². The number of amides is 4. The summed E-state index contributed by atoms with van der Waals surface area (Å²) < 4.78 is 0. The van der Waals surface area contributed by atoms with Gasteiger partial charge in [-0.3, -0.25) is 29.8 Å². The van der Waals surface area contributed by atoms with Gasteiger partial charge in [0.1, 0.15) is 0 Å². The van der Waals surface area contributed by atoms with Crippen molar-refractivity contribution in [2.24, 2.45) is 0 Å². The number of nitrogens with one attached hydrogen (secondary N) is 2. The summed E-state index contributed by atoms with van der Waals surface area (Å²) in [7, 11) is 0. The van der Waals surface area contributed by atoms with Gasteiger partial charge in [0.05, 0.1) is 0 Å². The number of thiophene rings is 6. The molecular weight excluding hydrogens is 1320 g/mol. The van der Waals surface area contributed by atoms with Crippen LogP contribution in [0.15, 0.2) is 279 Å². The van der Waals surface area contributed by atoms with Crippen molar-refractivity contribution in [2.45, 2.75) is 0 Å². The van der Waals surface area contributed by atoms with Crippen LogP contribution in [0.25, 0.3) is 124 Å². The zero-order valence-electron chi connectivity index (χ0n) is 51.5. The maximum absolute atomic E-state index is 14.3. The number of anilines is 6. The van der Waals surface area contributed by atoms with Crippen molar-refractivity contribution in [2.75, 3.05) is 9.80 Å². The van der Waals surface area contributed by atoms with Crippen LogP contribution in [-0.2, 0) is 0 Å². The van der Waals surface area contributed by atoms with Gasteiger partial charge in [-0.15, -0.1) is 68.0 Å². The standard InChI is InChI=1S/C84H48N4O4S6/c89-81-57-32-30-56-76-60(66-36-40-70(96-66)74-44-42-72(98-74)68-38-34-64(94-68)48-23-27-54(28-24-48)88(51-17-9-3-10-18-51)52-19-11-4-12-20-52)46-62-78-58(82(90)86-84(62)92)31-29-55(80(76)78)75-59(45-61(83(91)85-81)77(57)79(56)75)65-35-39-69(95-65)73-43-41-71(97-73)67-37-33-63(93-67)47-21-25-53(26-22-47)87(49-13-5-1-6-14-49)50-15-7-2-8-16-50/h1-46H,(H,85,89,91)(H,86,90,92). The Bertz CT molecular complexity index is 5630. The largest absolute Gasteiger partial charge is 0.311 e. The highest BCUT2D eigenvalue weighted by atomic mass is 32.1. The first-order valence-electron chi connectivity index (χ1n) is 31.8. The minimum absolute atomic E-state index is 0.414. The third-order valence-corrected chi connectivity index (χ3v) is 26.0. The number of hydrogen-bond donors (Lipinski definition) is 2. The van der Waals surface area contributed by atoms with Crippen molar-refractivity contribution >= 4 is 169 Å². The van der Waals surface area contributed by atoms with Gasteiger partial charge in [-0.25, -0.2) is 0 Å². The monoisotopic (exact) mass is 1370 g/mol. The van der Waals surface area contributed by atoms with Crippen LogP contribution in [0.3, 0.4) is 0 Å². The fourth-order valence-electron chi connectivity index (χ4n) is 14.1. The maximum Gasteiger partial charge on any atom is 0.258 e. The molecular formula is C84H48N4O4S6. The summed E-state index contributed by atoms with van der Waals surface area (Å²) in [6, 6.07) is 96.9. The van der Waals surface area contributed by atoms with E-state index in [4.69, 9.17) is 0 Å². The SMILES string of the molecule is O=C1NC(=O)c2cc(-c3ccc(-c4ccc(-c5ccc(-c6ccc(N(c7ccccc7)c7ccccc7)cc6)s5)s4)s3)c3c4ccc5c6c(cc(-c7ccc(-c8ccc(-c9ccc(-c%10ccc(N(c%11ccccc%11)c%11ccccc%11)cc%10)s9)s8)s7)c(c7ccc1c2c73)c64)C(=O)NC5=O. The highest BCUT2D eigenvalue weighted by molar-refractivity contribution is 7.29. The summed E-state index contributed by atoms with van der Waals surface area (Å²) in [6.45, 7) is 0. The van der Waals surface area contributed by atoms with E-state index in [0.717, 1.165) is 128 Å². The summed E-state index contributed by atoms with van der Waals surface area (Å²) in [4.78, 5) is 74.4. The Morgan fingerprint density at radius 2 is 0.459 bits per heavy atom. The number of imide groups is 2. The number of benzene rings is 11.